The third-order valence-corrected chi connectivity index (χ3v) is 3.41. The van der Waals surface area contributed by atoms with Crippen LogP contribution in [0, 0.1) is 11.7 Å². The van der Waals surface area contributed by atoms with Crippen molar-refractivity contribution in [1.82, 2.24) is 4.90 Å². The van der Waals surface area contributed by atoms with Crippen molar-refractivity contribution in [2.75, 3.05) is 18.8 Å². The number of piperidine rings is 1. The molecule has 4 nitrogen and oxygen atoms in total. The standard InChI is InChI=1S/C13H17FN2O2/c14-11-7-9(1-2-12(11)15)8-16-5-3-10(4-6-16)13(17)18/h1-2,7,10H,3-6,8,15H2,(H,17,18). The summed E-state index contributed by atoms with van der Waals surface area (Å²) in [6.07, 6.45) is 1.32. The molecular weight excluding hydrogens is 235 g/mol. The number of carboxylic acid groups (broad SMARTS) is 1. The van der Waals surface area contributed by atoms with E-state index in [1.807, 2.05) is 6.07 Å². The van der Waals surface area contributed by atoms with E-state index in [9.17, 15) is 9.18 Å². The zero-order valence-corrected chi connectivity index (χ0v) is 10.1. The summed E-state index contributed by atoms with van der Waals surface area (Å²) in [5, 5.41) is 8.90. The van der Waals surface area contributed by atoms with Crippen LogP contribution in [-0.2, 0) is 11.3 Å². The Kier molecular flexibility index (Phi) is 3.81. The summed E-state index contributed by atoms with van der Waals surface area (Å²) < 4.78 is 13.3. The van der Waals surface area contributed by atoms with Gasteiger partial charge in [0, 0.05) is 6.54 Å². The fraction of sp³-hybridized carbons (Fsp3) is 0.462. The highest BCUT2D eigenvalue weighted by molar-refractivity contribution is 5.70. The van der Waals surface area contributed by atoms with E-state index in [0.717, 1.165) is 18.7 Å². The second-order valence-electron chi connectivity index (χ2n) is 4.74. The molecule has 1 fully saturated rings. The first kappa shape index (κ1) is 12.8. The highest BCUT2D eigenvalue weighted by Crippen LogP contribution is 2.20. The van der Waals surface area contributed by atoms with E-state index in [1.165, 1.54) is 6.07 Å². The van der Waals surface area contributed by atoms with Crippen molar-refractivity contribution in [3.05, 3.63) is 29.6 Å². The zero-order chi connectivity index (χ0) is 13.1. The summed E-state index contributed by atoms with van der Waals surface area (Å²) in [6.45, 7) is 2.12. The maximum absolute atomic E-state index is 13.3. The van der Waals surface area contributed by atoms with Crippen molar-refractivity contribution in [2.45, 2.75) is 19.4 Å². The molecule has 0 aromatic heterocycles. The van der Waals surface area contributed by atoms with Gasteiger partial charge in [-0.3, -0.25) is 9.69 Å². The lowest BCUT2D eigenvalue weighted by molar-refractivity contribution is -0.143. The number of nitrogen functional groups attached to an aromatic ring is 1. The molecule has 98 valence electrons. The fourth-order valence-corrected chi connectivity index (χ4v) is 2.27. The van der Waals surface area contributed by atoms with Gasteiger partial charge in [-0.2, -0.15) is 0 Å². The van der Waals surface area contributed by atoms with Crippen molar-refractivity contribution >= 4 is 11.7 Å². The molecule has 0 unspecified atom stereocenters. The molecule has 1 aromatic carbocycles. The number of anilines is 1. The van der Waals surface area contributed by atoms with E-state index in [2.05, 4.69) is 4.90 Å². The molecule has 5 heteroatoms. The van der Waals surface area contributed by atoms with Gasteiger partial charge in [0.15, 0.2) is 0 Å². The Labute approximate surface area is 105 Å². The molecule has 0 amide bonds. The van der Waals surface area contributed by atoms with Gasteiger partial charge < -0.3 is 10.8 Å². The molecule has 1 aliphatic rings. The summed E-state index contributed by atoms with van der Waals surface area (Å²) in [6, 6.07) is 4.81. The van der Waals surface area contributed by atoms with Crippen molar-refractivity contribution < 1.29 is 14.3 Å². The van der Waals surface area contributed by atoms with Crippen LogP contribution in [-0.4, -0.2) is 29.1 Å². The molecular formula is C13H17FN2O2. The molecule has 0 bridgehead atoms. The van der Waals surface area contributed by atoms with Crippen LogP contribution in [0.3, 0.4) is 0 Å². The molecule has 0 saturated carbocycles. The molecule has 1 aliphatic heterocycles. The van der Waals surface area contributed by atoms with Crippen molar-refractivity contribution in [1.29, 1.82) is 0 Å². The molecule has 0 aliphatic carbocycles. The quantitative estimate of drug-likeness (QED) is 0.804. The molecule has 1 saturated heterocycles. The molecule has 0 atom stereocenters. The van der Waals surface area contributed by atoms with Crippen LogP contribution in [0.25, 0.3) is 0 Å². The Morgan fingerprint density at radius 1 is 1.44 bits per heavy atom. The van der Waals surface area contributed by atoms with Crippen LogP contribution in [0.4, 0.5) is 10.1 Å². The first-order valence-electron chi connectivity index (χ1n) is 6.05. The maximum atomic E-state index is 13.3. The van der Waals surface area contributed by atoms with Crippen LogP contribution in [0.1, 0.15) is 18.4 Å². The molecule has 1 heterocycles. The van der Waals surface area contributed by atoms with Crippen molar-refractivity contribution in [2.24, 2.45) is 5.92 Å². The van der Waals surface area contributed by atoms with E-state index >= 15 is 0 Å². The highest BCUT2D eigenvalue weighted by Gasteiger charge is 2.24. The van der Waals surface area contributed by atoms with Crippen molar-refractivity contribution in [3.63, 3.8) is 0 Å². The van der Waals surface area contributed by atoms with Gasteiger partial charge >= 0.3 is 5.97 Å². The summed E-state index contributed by atoms with van der Waals surface area (Å²) in [4.78, 5) is 13.0. The molecule has 0 radical (unpaired) electrons. The summed E-state index contributed by atoms with van der Waals surface area (Å²) in [7, 11) is 0. The van der Waals surface area contributed by atoms with Crippen LogP contribution >= 0.6 is 0 Å². The minimum Gasteiger partial charge on any atom is -0.481 e. The number of carboxylic acids is 1. The lowest BCUT2D eigenvalue weighted by Gasteiger charge is -2.30. The number of nitrogens with two attached hydrogens (primary N) is 1. The zero-order valence-electron chi connectivity index (χ0n) is 10.1. The topological polar surface area (TPSA) is 66.6 Å². The van der Waals surface area contributed by atoms with E-state index in [0.29, 0.717) is 19.4 Å². The predicted molar refractivity (Wildman–Crippen MR) is 66.4 cm³/mol. The van der Waals surface area contributed by atoms with Crippen LogP contribution in [0.15, 0.2) is 18.2 Å². The van der Waals surface area contributed by atoms with Gasteiger partial charge in [0.25, 0.3) is 0 Å². The van der Waals surface area contributed by atoms with E-state index in [1.54, 1.807) is 6.07 Å². The minimum atomic E-state index is -0.715. The van der Waals surface area contributed by atoms with Gasteiger partial charge in [0.05, 0.1) is 11.6 Å². The normalized spacial score (nSPS) is 17.8. The van der Waals surface area contributed by atoms with E-state index < -0.39 is 11.8 Å². The van der Waals surface area contributed by atoms with Gasteiger partial charge in [-0.15, -0.1) is 0 Å². The van der Waals surface area contributed by atoms with Crippen molar-refractivity contribution in [3.8, 4) is 0 Å². The highest BCUT2D eigenvalue weighted by atomic mass is 19.1. The second kappa shape index (κ2) is 5.35. The third kappa shape index (κ3) is 2.98. The Hall–Kier alpha value is -1.62. The summed E-state index contributed by atoms with van der Waals surface area (Å²) >= 11 is 0. The monoisotopic (exact) mass is 252 g/mol. The minimum absolute atomic E-state index is 0.156. The maximum Gasteiger partial charge on any atom is 0.306 e. The number of carbonyl (C=O) groups is 1. The Balaban J connectivity index is 1.91. The molecule has 0 spiro atoms. The molecule has 1 aromatic rings. The number of hydrogen-bond acceptors (Lipinski definition) is 3. The average Bonchev–Trinajstić information content (AvgIpc) is 2.34. The summed E-state index contributed by atoms with van der Waals surface area (Å²) in [5.41, 5.74) is 6.45. The second-order valence-corrected chi connectivity index (χ2v) is 4.74. The van der Waals surface area contributed by atoms with Gasteiger partial charge in [-0.1, -0.05) is 6.07 Å². The smallest absolute Gasteiger partial charge is 0.306 e. The number of rotatable bonds is 3. The van der Waals surface area contributed by atoms with Gasteiger partial charge in [-0.05, 0) is 43.6 Å². The number of benzene rings is 1. The van der Waals surface area contributed by atoms with E-state index in [-0.39, 0.29) is 11.6 Å². The lowest BCUT2D eigenvalue weighted by atomic mass is 9.97. The number of nitrogens with zero attached hydrogens (tertiary/aromatic N) is 1. The Morgan fingerprint density at radius 2 is 2.11 bits per heavy atom. The number of likely N-dealkylation sites (tertiary alicyclic amines) is 1. The van der Waals surface area contributed by atoms with Gasteiger partial charge in [0.2, 0.25) is 0 Å². The van der Waals surface area contributed by atoms with Crippen LogP contribution < -0.4 is 5.73 Å². The van der Waals surface area contributed by atoms with Gasteiger partial charge in [-0.25, -0.2) is 4.39 Å². The number of hydrogen-bond donors (Lipinski definition) is 2. The largest absolute Gasteiger partial charge is 0.481 e. The average molecular weight is 252 g/mol. The Morgan fingerprint density at radius 3 is 2.67 bits per heavy atom. The van der Waals surface area contributed by atoms with E-state index in [4.69, 9.17) is 10.8 Å². The fourth-order valence-electron chi connectivity index (χ4n) is 2.27. The molecule has 3 N–H and O–H groups in total. The number of halogens is 1. The van der Waals surface area contributed by atoms with Crippen LogP contribution in [0.5, 0.6) is 0 Å². The molecule has 2 rings (SSSR count). The Bertz CT molecular complexity index is 443. The third-order valence-electron chi connectivity index (χ3n) is 3.41. The van der Waals surface area contributed by atoms with Gasteiger partial charge in [0.1, 0.15) is 5.82 Å². The first-order valence-corrected chi connectivity index (χ1v) is 6.05. The lowest BCUT2D eigenvalue weighted by Crippen LogP contribution is -2.35. The predicted octanol–water partition coefficient (Wildman–Crippen LogP) is 1.70. The summed E-state index contributed by atoms with van der Waals surface area (Å²) in [5.74, 6) is -1.34. The SMILES string of the molecule is Nc1ccc(CN2CCC(C(=O)O)CC2)cc1F. The first-order chi connectivity index (χ1) is 8.56. The van der Waals surface area contributed by atoms with Crippen LogP contribution in [0.2, 0.25) is 0 Å². The molecule has 18 heavy (non-hydrogen) atoms. The number of aliphatic carboxylic acids is 1.